The molecule has 0 aliphatic carbocycles. The fourth-order valence-corrected chi connectivity index (χ4v) is 5.55. The van der Waals surface area contributed by atoms with Crippen LogP contribution in [0.4, 0.5) is 5.69 Å². The van der Waals surface area contributed by atoms with Crippen LogP contribution in [0, 0.1) is 5.92 Å². The summed E-state index contributed by atoms with van der Waals surface area (Å²) in [6.45, 7) is 0.439. The molecular weight excluding hydrogens is 426 g/mol. The molecule has 1 amide bonds. The molecule has 0 bridgehead atoms. The van der Waals surface area contributed by atoms with Crippen LogP contribution in [0.25, 0.3) is 11.1 Å². The van der Waals surface area contributed by atoms with E-state index in [0.29, 0.717) is 30.6 Å². The van der Waals surface area contributed by atoms with Crippen LogP contribution in [-0.4, -0.2) is 43.0 Å². The standard InChI is InChI=1S/C20H21N3O5S2/c1-29-15-6-2-5-14(10-15)21-19(24)13-4-3-9-23(12-13)30(26,27)16-7-8-17-18(11-16)28-20(25)22-17/h2,5-8,10-11,13H,3-4,9,12H2,1H3,(H,21,24)(H,22,25). The number of piperidine rings is 1. The molecule has 0 spiro atoms. The number of oxazole rings is 1. The van der Waals surface area contributed by atoms with Crippen molar-refractivity contribution in [2.24, 2.45) is 5.92 Å². The van der Waals surface area contributed by atoms with Crippen LogP contribution in [0.5, 0.6) is 0 Å². The van der Waals surface area contributed by atoms with Crippen LogP contribution < -0.4 is 11.1 Å². The zero-order valence-corrected chi connectivity index (χ0v) is 17.9. The van der Waals surface area contributed by atoms with Crippen molar-refractivity contribution < 1.29 is 17.6 Å². The molecule has 4 rings (SSSR count). The quantitative estimate of drug-likeness (QED) is 0.582. The number of H-pyrrole nitrogens is 1. The van der Waals surface area contributed by atoms with Crippen LogP contribution in [0.1, 0.15) is 12.8 Å². The molecular formula is C20H21N3O5S2. The number of anilines is 1. The largest absolute Gasteiger partial charge is 0.417 e. The van der Waals surface area contributed by atoms with Gasteiger partial charge in [-0.2, -0.15) is 4.31 Å². The first-order chi connectivity index (χ1) is 14.4. The Morgan fingerprint density at radius 2 is 2.10 bits per heavy atom. The molecule has 1 aliphatic rings. The predicted octanol–water partition coefficient (Wildman–Crippen LogP) is 2.88. The van der Waals surface area contributed by atoms with E-state index in [1.54, 1.807) is 11.8 Å². The van der Waals surface area contributed by atoms with E-state index in [9.17, 15) is 18.0 Å². The Balaban J connectivity index is 1.51. The highest BCUT2D eigenvalue weighted by atomic mass is 32.2. The number of aromatic nitrogens is 1. The number of thioether (sulfide) groups is 1. The number of sulfonamides is 1. The number of benzene rings is 2. The average Bonchev–Trinajstić information content (AvgIpc) is 3.13. The zero-order chi connectivity index (χ0) is 21.3. The first-order valence-electron chi connectivity index (χ1n) is 9.45. The second-order valence-electron chi connectivity index (χ2n) is 7.10. The van der Waals surface area contributed by atoms with Gasteiger partial charge in [-0.3, -0.25) is 9.78 Å². The molecule has 2 N–H and O–H groups in total. The lowest BCUT2D eigenvalue weighted by molar-refractivity contribution is -0.120. The van der Waals surface area contributed by atoms with Crippen molar-refractivity contribution in [3.05, 3.63) is 53.0 Å². The van der Waals surface area contributed by atoms with Crippen molar-refractivity contribution in [2.75, 3.05) is 24.7 Å². The Labute approximate surface area is 177 Å². The number of fused-ring (bicyclic) bond motifs is 1. The summed E-state index contributed by atoms with van der Waals surface area (Å²) in [7, 11) is -3.82. The molecule has 1 atom stereocenters. The first-order valence-corrected chi connectivity index (χ1v) is 12.1. The lowest BCUT2D eigenvalue weighted by Crippen LogP contribution is -2.43. The van der Waals surface area contributed by atoms with Crippen molar-refractivity contribution in [3.63, 3.8) is 0 Å². The number of nitrogens with zero attached hydrogens (tertiary/aromatic N) is 1. The molecule has 2 heterocycles. The number of rotatable bonds is 5. The van der Waals surface area contributed by atoms with E-state index >= 15 is 0 Å². The fourth-order valence-electron chi connectivity index (χ4n) is 3.56. The maximum absolute atomic E-state index is 13.1. The number of hydrogen-bond acceptors (Lipinski definition) is 6. The smallest absolute Gasteiger partial charge is 0.408 e. The van der Waals surface area contributed by atoms with Crippen molar-refractivity contribution in [1.82, 2.24) is 9.29 Å². The summed E-state index contributed by atoms with van der Waals surface area (Å²) in [6.07, 6.45) is 3.16. The van der Waals surface area contributed by atoms with Crippen LogP contribution in [0.2, 0.25) is 0 Å². The molecule has 158 valence electrons. The second-order valence-corrected chi connectivity index (χ2v) is 9.91. The average molecular weight is 448 g/mol. The summed E-state index contributed by atoms with van der Waals surface area (Å²) in [4.78, 5) is 27.6. The Bertz CT molecular complexity index is 1250. The van der Waals surface area contributed by atoms with E-state index < -0.39 is 21.7 Å². The molecule has 10 heteroatoms. The van der Waals surface area contributed by atoms with Gasteiger partial charge in [0.15, 0.2) is 5.58 Å². The van der Waals surface area contributed by atoms with Gasteiger partial charge >= 0.3 is 5.76 Å². The molecule has 1 unspecified atom stereocenters. The SMILES string of the molecule is CSc1cccc(NC(=O)C2CCCN(S(=O)(=O)c3ccc4[nH]c(=O)oc4c3)C2)c1. The van der Waals surface area contributed by atoms with Crippen LogP contribution in [-0.2, 0) is 14.8 Å². The Hall–Kier alpha value is -2.56. The number of nitrogens with one attached hydrogen (secondary N) is 2. The molecule has 3 aromatic rings. The molecule has 1 saturated heterocycles. The zero-order valence-electron chi connectivity index (χ0n) is 16.3. The predicted molar refractivity (Wildman–Crippen MR) is 115 cm³/mol. The Morgan fingerprint density at radius 3 is 2.90 bits per heavy atom. The van der Waals surface area contributed by atoms with Gasteiger partial charge in [-0.15, -0.1) is 11.8 Å². The number of carbonyl (C=O) groups excluding carboxylic acids is 1. The van der Waals surface area contributed by atoms with Gasteiger partial charge < -0.3 is 9.73 Å². The van der Waals surface area contributed by atoms with E-state index in [1.165, 1.54) is 22.5 Å². The van der Waals surface area contributed by atoms with E-state index in [-0.39, 0.29) is 22.9 Å². The van der Waals surface area contributed by atoms with E-state index in [4.69, 9.17) is 4.42 Å². The van der Waals surface area contributed by atoms with Gasteiger partial charge in [0.2, 0.25) is 15.9 Å². The van der Waals surface area contributed by atoms with Crippen LogP contribution in [0.3, 0.4) is 0 Å². The molecule has 1 aromatic heterocycles. The Kier molecular flexibility index (Phi) is 5.72. The van der Waals surface area contributed by atoms with Crippen molar-refractivity contribution >= 4 is 44.5 Å². The van der Waals surface area contributed by atoms with Gasteiger partial charge in [0.25, 0.3) is 0 Å². The molecule has 0 radical (unpaired) electrons. The van der Waals surface area contributed by atoms with Crippen LogP contribution >= 0.6 is 11.8 Å². The number of amides is 1. The van der Waals surface area contributed by atoms with Crippen molar-refractivity contribution in [2.45, 2.75) is 22.6 Å². The third-order valence-electron chi connectivity index (χ3n) is 5.12. The Morgan fingerprint density at radius 1 is 1.27 bits per heavy atom. The molecule has 8 nitrogen and oxygen atoms in total. The topological polar surface area (TPSA) is 112 Å². The van der Waals surface area contributed by atoms with E-state index in [2.05, 4.69) is 10.3 Å². The molecule has 2 aromatic carbocycles. The number of hydrogen-bond donors (Lipinski definition) is 2. The van der Waals surface area contributed by atoms with Gasteiger partial charge in [0, 0.05) is 29.7 Å². The summed E-state index contributed by atoms with van der Waals surface area (Å²) < 4.78 is 32.5. The van der Waals surface area contributed by atoms with Gasteiger partial charge in [-0.05, 0) is 49.4 Å². The maximum atomic E-state index is 13.1. The van der Waals surface area contributed by atoms with E-state index in [1.807, 2.05) is 30.5 Å². The van der Waals surface area contributed by atoms with Crippen molar-refractivity contribution in [3.8, 4) is 0 Å². The molecule has 30 heavy (non-hydrogen) atoms. The highest BCUT2D eigenvalue weighted by Crippen LogP contribution is 2.27. The number of carbonyl (C=O) groups is 1. The lowest BCUT2D eigenvalue weighted by atomic mass is 9.99. The summed E-state index contributed by atoms with van der Waals surface area (Å²) >= 11 is 1.58. The van der Waals surface area contributed by atoms with Gasteiger partial charge in [-0.25, -0.2) is 13.2 Å². The summed E-state index contributed by atoms with van der Waals surface area (Å²) in [5, 5.41) is 2.90. The highest BCUT2D eigenvalue weighted by molar-refractivity contribution is 7.98. The second kappa shape index (κ2) is 8.29. The summed E-state index contributed by atoms with van der Waals surface area (Å²) in [6, 6.07) is 11.8. The molecule has 1 fully saturated rings. The third kappa shape index (κ3) is 4.16. The maximum Gasteiger partial charge on any atom is 0.417 e. The minimum absolute atomic E-state index is 0.0338. The summed E-state index contributed by atoms with van der Waals surface area (Å²) in [5.41, 5.74) is 1.31. The van der Waals surface area contributed by atoms with Gasteiger partial charge in [0.1, 0.15) is 0 Å². The fraction of sp³-hybridized carbons (Fsp3) is 0.300. The van der Waals surface area contributed by atoms with E-state index in [0.717, 1.165) is 4.90 Å². The third-order valence-corrected chi connectivity index (χ3v) is 7.71. The van der Waals surface area contributed by atoms with Gasteiger partial charge in [-0.1, -0.05) is 6.07 Å². The minimum Gasteiger partial charge on any atom is -0.408 e. The van der Waals surface area contributed by atoms with Crippen molar-refractivity contribution in [1.29, 1.82) is 0 Å². The lowest BCUT2D eigenvalue weighted by Gasteiger charge is -2.31. The minimum atomic E-state index is -3.82. The summed E-state index contributed by atoms with van der Waals surface area (Å²) in [5.74, 6) is -1.28. The molecule has 0 saturated carbocycles. The monoisotopic (exact) mass is 447 g/mol. The normalized spacial score (nSPS) is 17.8. The molecule has 1 aliphatic heterocycles. The first kappa shape index (κ1) is 20.7. The van der Waals surface area contributed by atoms with Gasteiger partial charge in [0.05, 0.1) is 16.3 Å². The number of aromatic amines is 1. The van der Waals surface area contributed by atoms with Crippen LogP contribution in [0.15, 0.2) is 61.5 Å². The highest BCUT2D eigenvalue weighted by Gasteiger charge is 2.33.